The monoisotopic (exact) mass is 243 g/mol. The van der Waals surface area contributed by atoms with E-state index < -0.39 is 0 Å². The predicted molar refractivity (Wildman–Crippen MR) is 71.8 cm³/mol. The molecular weight excluding hydrogens is 218 g/mol. The van der Waals surface area contributed by atoms with Crippen LogP contribution in [0.15, 0.2) is 0 Å². The third kappa shape index (κ3) is 4.36. The maximum Gasteiger partial charge on any atom is 0.222 e. The van der Waals surface area contributed by atoms with Gasteiger partial charge in [0.15, 0.2) is 0 Å². The maximum atomic E-state index is 11.9. The molecule has 3 heteroatoms. The van der Waals surface area contributed by atoms with Crippen LogP contribution in [0.1, 0.15) is 46.0 Å². The minimum atomic E-state index is 0.354. The lowest BCUT2D eigenvalue weighted by atomic mass is 9.96. The zero-order valence-corrected chi connectivity index (χ0v) is 11.5. The fourth-order valence-electron chi connectivity index (χ4n) is 2.17. The molecule has 0 spiro atoms. The number of carbonyl (C=O) groups excluding carboxylic acids is 1. The molecule has 0 N–H and O–H groups in total. The topological polar surface area (TPSA) is 20.3 Å². The molecule has 1 aliphatic heterocycles. The normalized spacial score (nSPS) is 20.8. The van der Waals surface area contributed by atoms with E-state index in [9.17, 15) is 4.79 Å². The molecule has 0 aliphatic carbocycles. The van der Waals surface area contributed by atoms with Gasteiger partial charge >= 0.3 is 0 Å². The smallest absolute Gasteiger partial charge is 0.222 e. The summed E-state index contributed by atoms with van der Waals surface area (Å²) in [7, 11) is 0. The Hall–Kier alpha value is -0.180. The highest BCUT2D eigenvalue weighted by Crippen LogP contribution is 2.18. The summed E-state index contributed by atoms with van der Waals surface area (Å²) in [5, 5.41) is 0. The average Bonchev–Trinajstić information content (AvgIpc) is 2.23. The van der Waals surface area contributed by atoms with Crippen molar-refractivity contribution in [3.05, 3.63) is 0 Å². The second-order valence-corrected chi connectivity index (χ2v) is 5.56. The molecule has 1 atom stereocenters. The van der Waals surface area contributed by atoms with E-state index >= 15 is 0 Å². The first kappa shape index (κ1) is 13.9. The summed E-state index contributed by atoms with van der Waals surface area (Å²) in [6.45, 7) is 6.29. The molecule has 0 saturated carbocycles. The van der Waals surface area contributed by atoms with E-state index in [0.29, 0.717) is 17.7 Å². The lowest BCUT2D eigenvalue weighted by Crippen LogP contribution is -2.38. The van der Waals surface area contributed by atoms with Crippen molar-refractivity contribution < 1.29 is 4.79 Å². The Morgan fingerprint density at radius 3 is 2.56 bits per heavy atom. The van der Waals surface area contributed by atoms with Crippen LogP contribution in [0, 0.1) is 11.8 Å². The summed E-state index contributed by atoms with van der Waals surface area (Å²) in [6, 6.07) is 0. The molecule has 1 aliphatic rings. The van der Waals surface area contributed by atoms with Gasteiger partial charge in [-0.05, 0) is 30.4 Å². The van der Waals surface area contributed by atoms with E-state index in [4.69, 9.17) is 0 Å². The molecule has 0 bridgehead atoms. The van der Waals surface area contributed by atoms with Crippen molar-refractivity contribution >= 4 is 18.5 Å². The van der Waals surface area contributed by atoms with Crippen molar-refractivity contribution in [2.75, 3.05) is 18.8 Å². The Bertz CT molecular complexity index is 218. The van der Waals surface area contributed by atoms with Crippen molar-refractivity contribution in [1.82, 2.24) is 4.90 Å². The van der Waals surface area contributed by atoms with E-state index in [1.807, 2.05) is 0 Å². The minimum Gasteiger partial charge on any atom is -0.342 e. The largest absolute Gasteiger partial charge is 0.342 e. The van der Waals surface area contributed by atoms with Crippen LogP contribution >= 0.6 is 12.6 Å². The number of thiol groups is 1. The first-order valence-corrected chi connectivity index (χ1v) is 7.17. The average molecular weight is 243 g/mol. The van der Waals surface area contributed by atoms with Gasteiger partial charge < -0.3 is 4.90 Å². The van der Waals surface area contributed by atoms with E-state index in [1.54, 1.807) is 0 Å². The highest BCUT2D eigenvalue weighted by Gasteiger charge is 2.20. The number of carbonyl (C=O) groups is 1. The van der Waals surface area contributed by atoms with Crippen molar-refractivity contribution in [2.24, 2.45) is 11.8 Å². The van der Waals surface area contributed by atoms with Crippen LogP contribution in [0.2, 0.25) is 0 Å². The first-order chi connectivity index (χ1) is 7.65. The standard InChI is InChI=1S/C13H25NOS/c1-11(2)12(10-16)9-14-8-6-4-3-5-7-13(14)15/h11-12,16H,3-10H2,1-2H3. The molecular formula is C13H25NOS. The van der Waals surface area contributed by atoms with Crippen LogP contribution in [0.3, 0.4) is 0 Å². The molecule has 1 amide bonds. The van der Waals surface area contributed by atoms with Gasteiger partial charge in [-0.3, -0.25) is 4.79 Å². The maximum absolute atomic E-state index is 11.9. The van der Waals surface area contributed by atoms with Gasteiger partial charge in [0.25, 0.3) is 0 Å². The Morgan fingerprint density at radius 2 is 1.94 bits per heavy atom. The molecule has 1 fully saturated rings. The molecule has 16 heavy (non-hydrogen) atoms. The second-order valence-electron chi connectivity index (χ2n) is 5.19. The van der Waals surface area contributed by atoms with Gasteiger partial charge in [-0.15, -0.1) is 0 Å². The zero-order chi connectivity index (χ0) is 12.0. The number of hydrogen-bond donors (Lipinski definition) is 1. The minimum absolute atomic E-state index is 0.354. The van der Waals surface area contributed by atoms with Gasteiger partial charge in [-0.25, -0.2) is 0 Å². The van der Waals surface area contributed by atoms with Crippen LogP contribution in [0.25, 0.3) is 0 Å². The van der Waals surface area contributed by atoms with E-state index in [2.05, 4.69) is 31.4 Å². The molecule has 2 nitrogen and oxygen atoms in total. The summed E-state index contributed by atoms with van der Waals surface area (Å²) in [6.07, 6.45) is 5.49. The summed E-state index contributed by atoms with van der Waals surface area (Å²) in [5.41, 5.74) is 0. The number of amides is 1. The van der Waals surface area contributed by atoms with Crippen LogP contribution in [0.5, 0.6) is 0 Å². The molecule has 1 rings (SSSR count). The van der Waals surface area contributed by atoms with Crippen LogP contribution in [-0.4, -0.2) is 29.6 Å². The van der Waals surface area contributed by atoms with Crippen molar-refractivity contribution in [3.63, 3.8) is 0 Å². The third-order valence-electron chi connectivity index (χ3n) is 3.55. The molecule has 94 valence electrons. The molecule has 0 radical (unpaired) electrons. The highest BCUT2D eigenvalue weighted by atomic mass is 32.1. The van der Waals surface area contributed by atoms with E-state index in [-0.39, 0.29) is 0 Å². The molecule has 0 aromatic rings. The third-order valence-corrected chi connectivity index (χ3v) is 4.02. The second kappa shape index (κ2) is 7.21. The summed E-state index contributed by atoms with van der Waals surface area (Å²) in [5.74, 6) is 2.37. The van der Waals surface area contributed by atoms with Gasteiger partial charge in [0.2, 0.25) is 5.91 Å². The number of likely N-dealkylation sites (tertiary alicyclic amines) is 1. The van der Waals surface area contributed by atoms with Gasteiger partial charge in [0.1, 0.15) is 0 Å². The van der Waals surface area contributed by atoms with Crippen LogP contribution < -0.4 is 0 Å². The SMILES string of the molecule is CC(C)C(CS)CN1CCCCCCC1=O. The summed E-state index contributed by atoms with van der Waals surface area (Å²) in [4.78, 5) is 14.0. The predicted octanol–water partition coefficient (Wildman–Crippen LogP) is 2.98. The van der Waals surface area contributed by atoms with E-state index in [0.717, 1.165) is 31.7 Å². The Kier molecular flexibility index (Phi) is 6.25. The molecule has 0 aromatic heterocycles. The van der Waals surface area contributed by atoms with Gasteiger partial charge in [0.05, 0.1) is 0 Å². The number of hydrogen-bond acceptors (Lipinski definition) is 2. The highest BCUT2D eigenvalue weighted by molar-refractivity contribution is 7.80. The van der Waals surface area contributed by atoms with Crippen LogP contribution in [-0.2, 0) is 4.79 Å². The van der Waals surface area contributed by atoms with E-state index in [1.165, 1.54) is 19.3 Å². The lowest BCUT2D eigenvalue weighted by molar-refractivity contribution is -0.132. The summed E-state index contributed by atoms with van der Waals surface area (Å²) >= 11 is 4.39. The number of rotatable bonds is 4. The zero-order valence-electron chi connectivity index (χ0n) is 10.6. The fourth-order valence-corrected chi connectivity index (χ4v) is 2.71. The van der Waals surface area contributed by atoms with Crippen molar-refractivity contribution in [2.45, 2.75) is 46.0 Å². The molecule has 1 heterocycles. The van der Waals surface area contributed by atoms with Gasteiger partial charge in [-0.2, -0.15) is 12.6 Å². The fraction of sp³-hybridized carbons (Fsp3) is 0.923. The van der Waals surface area contributed by atoms with Gasteiger partial charge in [0, 0.05) is 19.5 Å². The van der Waals surface area contributed by atoms with Crippen molar-refractivity contribution in [3.8, 4) is 0 Å². The first-order valence-electron chi connectivity index (χ1n) is 6.53. The lowest BCUT2D eigenvalue weighted by Gasteiger charge is -2.30. The Morgan fingerprint density at radius 1 is 1.25 bits per heavy atom. The van der Waals surface area contributed by atoms with Crippen LogP contribution in [0.4, 0.5) is 0 Å². The molecule has 0 aromatic carbocycles. The van der Waals surface area contributed by atoms with Gasteiger partial charge in [-0.1, -0.05) is 26.7 Å². The summed E-state index contributed by atoms with van der Waals surface area (Å²) < 4.78 is 0. The quantitative estimate of drug-likeness (QED) is 0.753. The molecule has 1 saturated heterocycles. The molecule has 1 unspecified atom stereocenters. The Balaban J connectivity index is 2.50. The number of nitrogens with zero attached hydrogens (tertiary/aromatic N) is 1. The van der Waals surface area contributed by atoms with Crippen molar-refractivity contribution in [1.29, 1.82) is 0 Å². The Labute approximate surface area is 105 Å².